The van der Waals surface area contributed by atoms with Crippen molar-refractivity contribution in [2.45, 2.75) is 53.9 Å². The molecule has 0 bridgehead atoms. The summed E-state index contributed by atoms with van der Waals surface area (Å²) in [4.78, 5) is 33.5. The number of amides is 2. The van der Waals surface area contributed by atoms with Gasteiger partial charge in [0.25, 0.3) is 0 Å². The highest BCUT2D eigenvalue weighted by Crippen LogP contribution is 2.34. The van der Waals surface area contributed by atoms with Crippen LogP contribution in [0, 0.1) is 18.6 Å². The second-order valence-electron chi connectivity index (χ2n) is 12.9. The summed E-state index contributed by atoms with van der Waals surface area (Å²) < 4.78 is 81.2. The molecule has 288 valence electrons. The lowest BCUT2D eigenvalue weighted by atomic mass is 10.1. The number of aromatic nitrogens is 2. The number of aryl methyl sites for hydroxylation is 1. The predicted molar refractivity (Wildman–Crippen MR) is 209 cm³/mol. The molecule has 4 aromatic carbocycles. The van der Waals surface area contributed by atoms with Gasteiger partial charge in [-0.05, 0) is 83.1 Å². The molecule has 0 radical (unpaired) electrons. The van der Waals surface area contributed by atoms with Crippen molar-refractivity contribution in [3.63, 3.8) is 0 Å². The first kappa shape index (κ1) is 41.4. The molecule has 2 heterocycles. The van der Waals surface area contributed by atoms with Crippen molar-refractivity contribution in [1.82, 2.24) is 9.97 Å². The fourth-order valence-electron chi connectivity index (χ4n) is 4.91. The number of nitrogens with one attached hydrogen (secondary N) is 2. The smallest absolute Gasteiger partial charge is 0.302 e. The minimum absolute atomic E-state index is 0.0511. The zero-order valence-corrected chi connectivity index (χ0v) is 33.6. The lowest BCUT2D eigenvalue weighted by Gasteiger charge is -2.23. The first-order chi connectivity index (χ1) is 25.7. The maximum Gasteiger partial charge on any atom is 0.302 e. The van der Waals surface area contributed by atoms with E-state index in [0.29, 0.717) is 16.8 Å². The molecule has 0 spiro atoms. The van der Waals surface area contributed by atoms with Gasteiger partial charge in [-0.15, -0.1) is 11.3 Å². The molecule has 2 amide bonds. The highest BCUT2D eigenvalue weighted by Gasteiger charge is 2.46. The topological polar surface area (TPSA) is 165 Å². The molecule has 0 saturated carbocycles. The van der Waals surface area contributed by atoms with Crippen LogP contribution < -0.4 is 10.6 Å². The molecule has 0 aliphatic carbocycles. The number of para-hydroxylation sites is 2. The van der Waals surface area contributed by atoms with Gasteiger partial charge < -0.3 is 9.73 Å². The second-order valence-corrected chi connectivity index (χ2v) is 19.9. The first-order valence-electron chi connectivity index (χ1n) is 16.1. The van der Waals surface area contributed by atoms with E-state index in [1.807, 2.05) is 37.3 Å². The number of carbonyl (C=O) groups excluding carboxylic acids is 2. The van der Waals surface area contributed by atoms with Crippen molar-refractivity contribution in [2.24, 2.45) is 0 Å². The Morgan fingerprint density at radius 2 is 1.20 bits per heavy atom. The van der Waals surface area contributed by atoms with Gasteiger partial charge in [-0.3, -0.25) is 14.9 Å². The lowest BCUT2D eigenvalue weighted by Crippen LogP contribution is -2.44. The average Bonchev–Trinajstić information content (AvgIpc) is 3.70. The second kappa shape index (κ2) is 15.8. The molecule has 55 heavy (non-hydrogen) atoms. The van der Waals surface area contributed by atoms with Gasteiger partial charge in [0.1, 0.15) is 36.4 Å². The van der Waals surface area contributed by atoms with E-state index in [9.17, 15) is 35.2 Å². The van der Waals surface area contributed by atoms with E-state index in [0.717, 1.165) is 34.7 Å². The van der Waals surface area contributed by atoms with Gasteiger partial charge >= 0.3 is 6.01 Å². The Morgan fingerprint density at radius 3 is 1.71 bits per heavy atom. The van der Waals surface area contributed by atoms with E-state index < -0.39 is 62.4 Å². The molecule has 6 aromatic rings. The van der Waals surface area contributed by atoms with Crippen LogP contribution >= 0.6 is 34.5 Å². The number of hydrogen-bond acceptors (Lipinski definition) is 10. The van der Waals surface area contributed by atoms with Crippen LogP contribution in [0.2, 0.25) is 10.0 Å². The Morgan fingerprint density at radius 1 is 0.709 bits per heavy atom. The average molecular weight is 850 g/mol. The van der Waals surface area contributed by atoms with E-state index in [2.05, 4.69) is 20.6 Å². The Bertz CT molecular complexity index is 2620. The zero-order chi connectivity index (χ0) is 40.5. The molecule has 0 unspecified atom stereocenters. The summed E-state index contributed by atoms with van der Waals surface area (Å²) in [5.41, 5.74) is 2.53. The summed E-state index contributed by atoms with van der Waals surface area (Å²) in [5, 5.41) is 5.28. The van der Waals surface area contributed by atoms with E-state index in [4.69, 9.17) is 27.6 Å². The third kappa shape index (κ3) is 8.43. The minimum atomic E-state index is -4.35. The van der Waals surface area contributed by atoms with Crippen LogP contribution in [-0.4, -0.2) is 48.1 Å². The molecule has 11 nitrogen and oxygen atoms in total. The van der Waals surface area contributed by atoms with Gasteiger partial charge in [0.05, 0.1) is 5.69 Å². The third-order valence-electron chi connectivity index (χ3n) is 8.38. The number of thiazole rings is 1. The Balaban J connectivity index is 0.000000212. The summed E-state index contributed by atoms with van der Waals surface area (Å²) in [7, 11) is -8.68. The minimum Gasteiger partial charge on any atom is -0.423 e. The van der Waals surface area contributed by atoms with Crippen molar-refractivity contribution in [2.75, 3.05) is 10.6 Å². The van der Waals surface area contributed by atoms with E-state index in [1.54, 1.807) is 24.3 Å². The van der Waals surface area contributed by atoms with Crippen molar-refractivity contribution in [3.8, 4) is 11.3 Å². The number of sulfone groups is 2. The van der Waals surface area contributed by atoms with Crippen LogP contribution in [0.4, 0.5) is 19.9 Å². The summed E-state index contributed by atoms with van der Waals surface area (Å²) in [6.07, 6.45) is 0. The zero-order valence-electron chi connectivity index (χ0n) is 29.6. The van der Waals surface area contributed by atoms with Crippen LogP contribution in [0.5, 0.6) is 0 Å². The van der Waals surface area contributed by atoms with Gasteiger partial charge in [-0.1, -0.05) is 65.7 Å². The Labute approximate surface area is 329 Å². The van der Waals surface area contributed by atoms with Crippen LogP contribution in [-0.2, 0) is 29.3 Å². The van der Waals surface area contributed by atoms with Crippen LogP contribution in [0.3, 0.4) is 0 Å². The predicted octanol–water partition coefficient (Wildman–Crippen LogP) is 8.91. The molecule has 0 fully saturated rings. The normalized spacial score (nSPS) is 12.2. The maximum absolute atomic E-state index is 14.2. The molecular formula is C37H32Cl2F2N4O7S3. The van der Waals surface area contributed by atoms with Gasteiger partial charge in [0, 0.05) is 20.5 Å². The number of benzene rings is 4. The quantitative estimate of drug-likeness (QED) is 0.145. The van der Waals surface area contributed by atoms with Crippen LogP contribution in [0.25, 0.3) is 22.4 Å². The summed E-state index contributed by atoms with van der Waals surface area (Å²) in [6, 6.07) is 22.5. The number of hydrogen-bond donors (Lipinski definition) is 2. The fourth-order valence-corrected chi connectivity index (χ4v) is 8.88. The third-order valence-corrected chi connectivity index (χ3v) is 14.6. The molecule has 18 heteroatoms. The Kier molecular flexibility index (Phi) is 11.9. The SMILES string of the molecule is CC(C)(C(=O)Nc1nc2ccccc2o1)S(=O)(=O)c1ccc(Cl)cc1F.Cc1sc(NC(=O)C(C)(C)S(=O)(=O)c2ccc(Cl)cc2F)nc1-c1ccccc1. The molecule has 0 aliphatic rings. The van der Waals surface area contributed by atoms with Gasteiger partial charge in [-0.2, -0.15) is 4.98 Å². The number of anilines is 2. The van der Waals surface area contributed by atoms with Gasteiger partial charge in [-0.25, -0.2) is 30.6 Å². The highest BCUT2D eigenvalue weighted by atomic mass is 35.5. The number of fused-ring (bicyclic) bond motifs is 1. The molecule has 2 N–H and O–H groups in total. The van der Waals surface area contributed by atoms with Gasteiger partial charge in [0.2, 0.25) is 11.8 Å². The lowest BCUT2D eigenvalue weighted by molar-refractivity contribution is -0.118. The number of carbonyl (C=O) groups is 2. The highest BCUT2D eigenvalue weighted by molar-refractivity contribution is 7.94. The Hall–Kier alpha value is -4.74. The number of rotatable bonds is 9. The maximum atomic E-state index is 14.2. The van der Waals surface area contributed by atoms with Crippen molar-refractivity contribution in [1.29, 1.82) is 0 Å². The number of oxazole rings is 1. The standard InChI is InChI=1S/C20H18ClFN2O3S2.C17H14ClFN2O4S/c1-12-17(13-7-5-4-6-8-13)23-19(28-12)24-18(25)20(2,3)29(26,27)16-10-9-14(21)11-15(16)22;1-17(2,26(23,24)14-8-7-10(18)9-11(14)19)15(22)21-16-20-12-5-3-4-6-13(12)25-16/h4-11H,1-3H3,(H,23,24,25);3-9H,1-2H3,(H,20,21,22). The first-order valence-corrected chi connectivity index (χ1v) is 20.6. The van der Waals surface area contributed by atoms with E-state index >= 15 is 0 Å². The van der Waals surface area contributed by atoms with E-state index in [1.165, 1.54) is 51.2 Å². The fraction of sp³-hybridized carbons (Fsp3) is 0.189. The number of halogens is 4. The largest absolute Gasteiger partial charge is 0.423 e. The summed E-state index contributed by atoms with van der Waals surface area (Å²) >= 11 is 12.6. The van der Waals surface area contributed by atoms with Crippen molar-refractivity contribution < 1.29 is 39.6 Å². The summed E-state index contributed by atoms with van der Waals surface area (Å²) in [6.45, 7) is 6.66. The van der Waals surface area contributed by atoms with Crippen LogP contribution in [0.15, 0.2) is 105 Å². The molecule has 0 aliphatic heterocycles. The van der Waals surface area contributed by atoms with Crippen molar-refractivity contribution >= 4 is 88.3 Å². The molecule has 2 aromatic heterocycles. The molecule has 6 rings (SSSR count). The van der Waals surface area contributed by atoms with Crippen LogP contribution in [0.1, 0.15) is 32.6 Å². The van der Waals surface area contributed by atoms with E-state index in [-0.39, 0.29) is 21.2 Å². The monoisotopic (exact) mass is 848 g/mol. The number of nitrogens with zero attached hydrogens (tertiary/aromatic N) is 2. The van der Waals surface area contributed by atoms with Crippen molar-refractivity contribution in [3.05, 3.63) is 118 Å². The molecular weight excluding hydrogens is 818 g/mol. The van der Waals surface area contributed by atoms with Gasteiger partial charge in [0.15, 0.2) is 30.4 Å². The molecule has 0 atom stereocenters. The summed E-state index contributed by atoms with van der Waals surface area (Å²) in [5.74, 6) is -3.74. The molecule has 0 saturated heterocycles.